The Morgan fingerprint density at radius 2 is 2.25 bits per heavy atom. The summed E-state index contributed by atoms with van der Waals surface area (Å²) in [6, 6.07) is 5.03. The van der Waals surface area contributed by atoms with Crippen LogP contribution in [0.2, 0.25) is 0 Å². The zero-order valence-electron chi connectivity index (χ0n) is 9.17. The molecule has 2 rings (SSSR count). The summed E-state index contributed by atoms with van der Waals surface area (Å²) in [7, 11) is 0. The quantitative estimate of drug-likeness (QED) is 0.927. The van der Waals surface area contributed by atoms with Gasteiger partial charge in [0.25, 0.3) is 0 Å². The molecule has 1 heterocycles. The van der Waals surface area contributed by atoms with Crippen molar-refractivity contribution >= 4 is 15.9 Å². The van der Waals surface area contributed by atoms with Gasteiger partial charge in [0.1, 0.15) is 5.82 Å². The fourth-order valence-electron chi connectivity index (χ4n) is 2.13. The van der Waals surface area contributed by atoms with Crippen molar-refractivity contribution in [2.45, 2.75) is 12.3 Å². The smallest absolute Gasteiger partial charge is 0.127 e. The average Bonchev–Trinajstić information content (AvgIpc) is 2.21. The maximum absolute atomic E-state index is 13.9. The van der Waals surface area contributed by atoms with Gasteiger partial charge in [-0.25, -0.2) is 4.39 Å². The minimum Gasteiger partial charge on any atom is -0.379 e. The summed E-state index contributed by atoms with van der Waals surface area (Å²) in [5.41, 5.74) is 6.17. The van der Waals surface area contributed by atoms with E-state index in [-0.39, 0.29) is 17.2 Å². The van der Waals surface area contributed by atoms with Crippen LogP contribution in [0, 0.1) is 11.7 Å². The molecule has 0 aromatic heterocycles. The minimum atomic E-state index is -0.247. The fraction of sp³-hybridized carbons (Fsp3) is 0.500. The Hall–Kier alpha value is -0.450. The van der Waals surface area contributed by atoms with E-state index in [9.17, 15) is 4.39 Å². The van der Waals surface area contributed by atoms with Crippen LogP contribution < -0.4 is 5.73 Å². The molecule has 0 amide bonds. The number of ether oxygens (including phenoxy) is 1. The van der Waals surface area contributed by atoms with Gasteiger partial charge in [-0.2, -0.15) is 0 Å². The van der Waals surface area contributed by atoms with Crippen LogP contribution in [0.15, 0.2) is 22.7 Å². The molecule has 1 aliphatic rings. The first-order chi connectivity index (χ1) is 7.60. The van der Waals surface area contributed by atoms with E-state index in [0.29, 0.717) is 25.3 Å². The van der Waals surface area contributed by atoms with Gasteiger partial charge < -0.3 is 10.5 Å². The second-order valence-corrected chi connectivity index (χ2v) is 5.33. The summed E-state index contributed by atoms with van der Waals surface area (Å²) in [4.78, 5) is 0. The molecular weight excluding hydrogens is 273 g/mol. The standard InChI is InChI=1S/C12H15BrFNO/c1-8(5-15)12(6-16-7-12)10-4-9(13)2-3-11(10)14/h2-4,8H,5-7,15H2,1H3. The van der Waals surface area contributed by atoms with Crippen molar-refractivity contribution in [2.75, 3.05) is 19.8 Å². The summed E-state index contributed by atoms with van der Waals surface area (Å²) >= 11 is 3.37. The first kappa shape index (κ1) is 12.0. The lowest BCUT2D eigenvalue weighted by Gasteiger charge is -2.46. The van der Waals surface area contributed by atoms with Crippen molar-refractivity contribution in [1.82, 2.24) is 0 Å². The van der Waals surface area contributed by atoms with E-state index < -0.39 is 0 Å². The van der Waals surface area contributed by atoms with Gasteiger partial charge in [0.2, 0.25) is 0 Å². The third-order valence-electron chi connectivity index (χ3n) is 3.48. The van der Waals surface area contributed by atoms with E-state index in [4.69, 9.17) is 10.5 Å². The van der Waals surface area contributed by atoms with Crippen LogP contribution in [-0.2, 0) is 10.2 Å². The molecule has 1 fully saturated rings. The van der Waals surface area contributed by atoms with Gasteiger partial charge in [0, 0.05) is 15.5 Å². The second kappa shape index (κ2) is 4.43. The molecule has 0 radical (unpaired) electrons. The van der Waals surface area contributed by atoms with E-state index in [2.05, 4.69) is 15.9 Å². The van der Waals surface area contributed by atoms with Crippen molar-refractivity contribution in [3.63, 3.8) is 0 Å². The van der Waals surface area contributed by atoms with E-state index in [0.717, 1.165) is 4.47 Å². The Bertz CT molecular complexity index is 393. The number of nitrogens with two attached hydrogens (primary N) is 1. The molecule has 0 bridgehead atoms. The van der Waals surface area contributed by atoms with Crippen LogP contribution in [0.25, 0.3) is 0 Å². The monoisotopic (exact) mass is 287 g/mol. The van der Waals surface area contributed by atoms with E-state index in [1.165, 1.54) is 6.07 Å². The Morgan fingerprint density at radius 1 is 1.56 bits per heavy atom. The third-order valence-corrected chi connectivity index (χ3v) is 3.97. The molecule has 1 saturated heterocycles. The van der Waals surface area contributed by atoms with Crippen LogP contribution in [0.3, 0.4) is 0 Å². The van der Waals surface area contributed by atoms with Crippen molar-refractivity contribution in [2.24, 2.45) is 11.7 Å². The molecule has 1 atom stereocenters. The zero-order valence-corrected chi connectivity index (χ0v) is 10.8. The first-order valence-electron chi connectivity index (χ1n) is 5.33. The predicted octanol–water partition coefficient (Wildman–Crippen LogP) is 2.45. The summed E-state index contributed by atoms with van der Waals surface area (Å²) in [5, 5.41) is 0. The minimum absolute atomic E-state index is 0.174. The summed E-state index contributed by atoms with van der Waals surface area (Å²) in [5.74, 6) is 0.0388. The Morgan fingerprint density at radius 3 is 2.75 bits per heavy atom. The zero-order chi connectivity index (χ0) is 11.8. The molecule has 0 saturated carbocycles. The number of halogens is 2. The highest BCUT2D eigenvalue weighted by Gasteiger charge is 2.46. The van der Waals surface area contributed by atoms with E-state index in [1.54, 1.807) is 6.07 Å². The molecule has 16 heavy (non-hydrogen) atoms. The number of rotatable bonds is 3. The Balaban J connectivity index is 2.44. The summed E-state index contributed by atoms with van der Waals surface area (Å²) in [6.45, 7) is 3.69. The van der Waals surface area contributed by atoms with Crippen molar-refractivity contribution in [1.29, 1.82) is 0 Å². The second-order valence-electron chi connectivity index (χ2n) is 4.41. The largest absolute Gasteiger partial charge is 0.379 e. The van der Waals surface area contributed by atoms with E-state index >= 15 is 0 Å². The highest BCUT2D eigenvalue weighted by molar-refractivity contribution is 9.10. The Labute approximate surface area is 103 Å². The maximum atomic E-state index is 13.9. The summed E-state index contributed by atoms with van der Waals surface area (Å²) in [6.07, 6.45) is 0. The number of benzene rings is 1. The molecule has 1 unspecified atom stereocenters. The van der Waals surface area contributed by atoms with Crippen molar-refractivity contribution in [3.8, 4) is 0 Å². The molecule has 0 aliphatic carbocycles. The summed E-state index contributed by atoms with van der Waals surface area (Å²) < 4.78 is 20.0. The van der Waals surface area contributed by atoms with Gasteiger partial charge in [-0.3, -0.25) is 0 Å². The van der Waals surface area contributed by atoms with Gasteiger partial charge in [0.15, 0.2) is 0 Å². The van der Waals surface area contributed by atoms with Crippen molar-refractivity contribution in [3.05, 3.63) is 34.1 Å². The van der Waals surface area contributed by atoms with Gasteiger partial charge in [-0.15, -0.1) is 0 Å². The Kier molecular flexibility index (Phi) is 3.33. The number of hydrogen-bond acceptors (Lipinski definition) is 2. The van der Waals surface area contributed by atoms with Gasteiger partial charge >= 0.3 is 0 Å². The lowest BCUT2D eigenvalue weighted by Crippen LogP contribution is -2.54. The molecule has 88 valence electrons. The molecular formula is C12H15BrFNO. The molecule has 1 aromatic rings. The number of hydrogen-bond donors (Lipinski definition) is 1. The highest BCUT2D eigenvalue weighted by Crippen LogP contribution is 2.41. The average molecular weight is 288 g/mol. The van der Waals surface area contributed by atoms with Crippen LogP contribution >= 0.6 is 15.9 Å². The molecule has 2 N–H and O–H groups in total. The highest BCUT2D eigenvalue weighted by atomic mass is 79.9. The van der Waals surface area contributed by atoms with Gasteiger partial charge in [-0.05, 0) is 30.7 Å². The van der Waals surface area contributed by atoms with Crippen LogP contribution in [-0.4, -0.2) is 19.8 Å². The lowest BCUT2D eigenvalue weighted by molar-refractivity contribution is -0.0870. The lowest BCUT2D eigenvalue weighted by atomic mass is 9.69. The van der Waals surface area contributed by atoms with Crippen LogP contribution in [0.5, 0.6) is 0 Å². The predicted molar refractivity (Wildman–Crippen MR) is 64.8 cm³/mol. The van der Waals surface area contributed by atoms with E-state index in [1.807, 2.05) is 13.0 Å². The topological polar surface area (TPSA) is 35.2 Å². The molecule has 4 heteroatoms. The van der Waals surface area contributed by atoms with Crippen molar-refractivity contribution < 1.29 is 9.13 Å². The first-order valence-corrected chi connectivity index (χ1v) is 6.13. The normalized spacial score (nSPS) is 20.2. The molecule has 0 spiro atoms. The van der Waals surface area contributed by atoms with Gasteiger partial charge in [0.05, 0.1) is 13.2 Å². The van der Waals surface area contributed by atoms with Gasteiger partial charge in [-0.1, -0.05) is 22.9 Å². The molecule has 1 aliphatic heterocycles. The SMILES string of the molecule is CC(CN)C1(c2cc(Br)ccc2F)COC1. The fourth-order valence-corrected chi connectivity index (χ4v) is 2.49. The third kappa shape index (κ3) is 1.79. The maximum Gasteiger partial charge on any atom is 0.127 e. The van der Waals surface area contributed by atoms with Crippen LogP contribution in [0.1, 0.15) is 12.5 Å². The molecule has 1 aromatic carbocycles. The molecule has 2 nitrogen and oxygen atoms in total. The van der Waals surface area contributed by atoms with Crippen LogP contribution in [0.4, 0.5) is 4.39 Å².